The van der Waals surface area contributed by atoms with Gasteiger partial charge in [-0.25, -0.2) is 19.2 Å². The number of carboxylic acid groups (broad SMARTS) is 4. The van der Waals surface area contributed by atoms with Crippen LogP contribution in [0.5, 0.6) is 0 Å². The van der Waals surface area contributed by atoms with E-state index < -0.39 is 400 Å². The number of carboxylic acids is 4. The molecule has 0 aromatic carbocycles. The predicted octanol–water partition coefficient (Wildman–Crippen LogP) is -20.9. The minimum Gasteiger partial charge on any atom is -0.477 e. The molecule has 58 nitrogen and oxygen atoms in total. The number of nitrogens with one attached hydrogen (secondary N) is 5. The zero-order chi connectivity index (χ0) is 95.9. The molecule has 34 N–H and O–H groups in total. The van der Waals surface area contributed by atoms with Gasteiger partial charge in [0.15, 0.2) is 25.2 Å². The Morgan fingerprint density at radius 3 is 0.953 bits per heavy atom. The van der Waals surface area contributed by atoms with Gasteiger partial charge in [-0.3, -0.25) is 24.0 Å². The second-order valence-electron chi connectivity index (χ2n) is 31.8. The average Bonchev–Trinajstić information content (AvgIpc) is 0.747. The van der Waals surface area contributed by atoms with Gasteiger partial charge >= 0.3 is 23.9 Å². The van der Waals surface area contributed by atoms with Crippen LogP contribution in [0.25, 0.3) is 0 Å². The van der Waals surface area contributed by atoms with E-state index in [1.54, 1.807) is 0 Å². The van der Waals surface area contributed by atoms with Crippen LogP contribution in [0.1, 0.15) is 60.3 Å². The average molecular weight is 1870 g/mol. The van der Waals surface area contributed by atoms with E-state index in [1.807, 2.05) is 0 Å². The van der Waals surface area contributed by atoms with Crippen molar-refractivity contribution in [1.82, 2.24) is 26.6 Å². The minimum absolute atomic E-state index is 0.759. The van der Waals surface area contributed by atoms with Crippen LogP contribution in [-0.2, 0) is 114 Å². The summed E-state index contributed by atoms with van der Waals surface area (Å²) in [6.45, 7) is -7.23. The SMILES string of the molecule is CC(=O)N[C@H]1[C@H](O[C@@H]2[C@H](O[C@]3(C(=O)O)C[C@H](O)[C@@H](NC(C)=O)[C@H]([C@H](O)[C@@H](CO)O[C@]4(C(=O)O)C[C@H](O)[C@@H](NC(C)=O)[C@H]([C@H](O)[C@H](O)CO)O4)O3)[C@@H](O)[C@H](O[C@H]3[C@H](O)[C@@H](O)[C@@H](O)O[C@@H]3CO)O[C@@H]2CO)O[C@H](CO)[C@H](O)[C@@H]1O[C@@H]1O[C@H](CO)[C@H](O)[C@H](O[C@]2(C(=O)O)C[C@H](O)[C@@H](NC(C)=O)[C@H]([C@H](O)[C@@H](CO)O[C@]3(C(=O)O)C[C@H](O)[C@@H](NC(C)=O)[C@H]([C@H](O)[C@H](O)CO)O3)O2)[C@H]1O. The zero-order valence-electron chi connectivity index (χ0n) is 68.3. The summed E-state index contributed by atoms with van der Waals surface area (Å²) in [5, 5.41) is 336. The van der Waals surface area contributed by atoms with Gasteiger partial charge in [-0.15, -0.1) is 0 Å². The highest BCUT2D eigenvalue weighted by atomic mass is 16.8. The van der Waals surface area contributed by atoms with Crippen molar-refractivity contribution >= 4 is 53.4 Å². The molecule has 0 aromatic heterocycles. The third-order valence-corrected chi connectivity index (χ3v) is 22.6. The number of aliphatic hydroxyl groups excluding tert-OH is 25. The Bertz CT molecular complexity index is 3720. The number of rotatable bonds is 39. The van der Waals surface area contributed by atoms with Crippen molar-refractivity contribution in [3.05, 3.63) is 0 Å². The summed E-state index contributed by atoms with van der Waals surface area (Å²) in [7, 11) is 0. The molecular weight excluding hydrogens is 1760 g/mol. The van der Waals surface area contributed by atoms with Crippen LogP contribution in [0.15, 0.2) is 0 Å². The van der Waals surface area contributed by atoms with E-state index >= 15 is 0 Å². The van der Waals surface area contributed by atoms with Crippen molar-refractivity contribution in [2.45, 2.75) is 328 Å². The number of aliphatic carboxylic acids is 4. The molecule has 8 saturated heterocycles. The molecule has 8 aliphatic heterocycles. The predicted molar refractivity (Wildman–Crippen MR) is 391 cm³/mol. The van der Waals surface area contributed by atoms with Gasteiger partial charge in [-0.2, -0.15) is 0 Å². The number of amides is 5. The van der Waals surface area contributed by atoms with Crippen molar-refractivity contribution in [3.63, 3.8) is 0 Å². The van der Waals surface area contributed by atoms with Crippen LogP contribution in [0.2, 0.25) is 0 Å². The maximum atomic E-state index is 14.3. The first kappa shape index (κ1) is 107. The fourth-order valence-corrected chi connectivity index (χ4v) is 16.3. The highest BCUT2D eigenvalue weighted by molar-refractivity contribution is 5.79. The van der Waals surface area contributed by atoms with E-state index in [-0.39, 0.29) is 0 Å². The van der Waals surface area contributed by atoms with Gasteiger partial charge in [0.1, 0.15) is 171 Å². The maximum Gasteiger partial charge on any atom is 0.364 e. The second-order valence-corrected chi connectivity index (χ2v) is 31.8. The van der Waals surface area contributed by atoms with Gasteiger partial charge in [-0.05, 0) is 0 Å². The van der Waals surface area contributed by atoms with E-state index in [9.17, 15) is 191 Å². The zero-order valence-corrected chi connectivity index (χ0v) is 68.3. The molecule has 8 aliphatic rings. The lowest BCUT2D eigenvalue weighted by atomic mass is 9.87. The van der Waals surface area contributed by atoms with Gasteiger partial charge < -0.3 is 246 Å². The van der Waals surface area contributed by atoms with E-state index in [1.165, 1.54) is 0 Å². The number of aliphatic hydroxyl groups is 25. The molecule has 0 spiro atoms. The maximum absolute atomic E-state index is 14.3. The molecule has 0 aromatic rings. The first-order chi connectivity index (χ1) is 59.9. The molecule has 0 unspecified atom stereocenters. The largest absolute Gasteiger partial charge is 0.477 e. The standard InChI is InChI=1S/C70H113N5O53/c1-18(84)71-35-23(89)6-67(63(106)107,123-53(35)40(95)27(93)10-76)121-31(14-80)44(99)55-37(73-20(3)86)25(91)8-69(125-55,65(110)111)127-57-43(98)30(13-79)116-61(48(57)103)120-52-39(75-22(5)88)60(115-29(12-78)42(52)97)119-51-34(17-83)117-62(118-50-33(16-82)114-59(105)47(102)46(50)101)49(104)58(51)128-70(66(112)113)9-26(92)38(74-21(4)87)56(126-70)45(100)32(15-81)122-68(64(108)109)7-24(90)36(72-19(2)85)54(124-68)41(96)28(94)11-77/h23-62,76-83,89-105H,6-17H2,1-5H3,(H,71,84)(H,72,85)(H,73,86)(H,74,87)(H,75,88)(H,106,107)(H,108,109)(H,110,111)(H,112,113)/t23-,24-,25-,26-,27+,28+,29+,30+,31+,32+,33+,34+,35+,36+,37+,38+,39+,40+,41+,42-,43-,44+,45+,46+,47+,48+,49+,50+,51-,52+,53+,54+,55+,56+,57-,58+,59-,60-,61-,62-,67+,68+,69-,70-/m0/s1. The van der Waals surface area contributed by atoms with Crippen molar-refractivity contribution < 1.29 is 262 Å². The first-order valence-corrected chi connectivity index (χ1v) is 39.6. The van der Waals surface area contributed by atoms with Crippen LogP contribution in [0.4, 0.5) is 0 Å². The summed E-state index contributed by atoms with van der Waals surface area (Å²) < 4.78 is 87.6. The topological polar surface area (TPSA) is 939 Å². The lowest BCUT2D eigenvalue weighted by Gasteiger charge is -2.53. The van der Waals surface area contributed by atoms with Gasteiger partial charge in [0.2, 0.25) is 29.5 Å². The Kier molecular flexibility index (Phi) is 37.3. The Labute approximate surface area is 721 Å². The monoisotopic (exact) mass is 1870 g/mol. The molecule has 8 rings (SSSR count). The van der Waals surface area contributed by atoms with E-state index in [4.69, 9.17) is 71.1 Å². The van der Waals surface area contributed by atoms with E-state index in [2.05, 4.69) is 26.6 Å². The molecule has 8 fully saturated rings. The minimum atomic E-state index is -3.82. The molecule has 44 atom stereocenters. The molecule has 0 aliphatic carbocycles. The van der Waals surface area contributed by atoms with Gasteiger partial charge in [0.25, 0.3) is 23.1 Å². The van der Waals surface area contributed by atoms with Gasteiger partial charge in [-0.1, -0.05) is 0 Å². The fraction of sp³-hybridized carbons (Fsp3) is 0.871. The van der Waals surface area contributed by atoms with Crippen LogP contribution >= 0.6 is 0 Å². The molecule has 5 amide bonds. The summed E-state index contributed by atoms with van der Waals surface area (Å²) in [6, 6.07) is -10.4. The Balaban J connectivity index is 1.18. The van der Waals surface area contributed by atoms with Gasteiger partial charge in [0, 0.05) is 60.3 Å². The van der Waals surface area contributed by atoms with Crippen molar-refractivity contribution in [2.75, 3.05) is 52.9 Å². The number of hydrogen-bond acceptors (Lipinski definition) is 49. The van der Waals surface area contributed by atoms with E-state index in [0.29, 0.717) is 0 Å². The van der Waals surface area contributed by atoms with Crippen molar-refractivity contribution in [3.8, 4) is 0 Å². The van der Waals surface area contributed by atoms with Crippen molar-refractivity contribution in [1.29, 1.82) is 0 Å². The Morgan fingerprint density at radius 2 is 0.609 bits per heavy atom. The molecule has 128 heavy (non-hydrogen) atoms. The van der Waals surface area contributed by atoms with Crippen molar-refractivity contribution in [2.24, 2.45) is 0 Å². The molecule has 0 bridgehead atoms. The molecule has 0 radical (unpaired) electrons. The highest BCUT2D eigenvalue weighted by Crippen LogP contribution is 2.46. The summed E-state index contributed by atoms with van der Waals surface area (Å²) >= 11 is 0. The normalized spacial score (nSPS) is 42.5. The van der Waals surface area contributed by atoms with Crippen LogP contribution in [0, 0.1) is 0 Å². The number of carbonyl (C=O) groups excluding carboxylic acids is 5. The molecule has 736 valence electrons. The van der Waals surface area contributed by atoms with Gasteiger partial charge in [0.05, 0.1) is 101 Å². The van der Waals surface area contributed by atoms with Crippen LogP contribution in [0.3, 0.4) is 0 Å². The lowest BCUT2D eigenvalue weighted by molar-refractivity contribution is -0.405. The third-order valence-electron chi connectivity index (χ3n) is 22.6. The number of hydrogen-bond donors (Lipinski definition) is 34. The first-order valence-electron chi connectivity index (χ1n) is 39.6. The summed E-state index contributed by atoms with van der Waals surface area (Å²) in [4.78, 5) is 119. The van der Waals surface area contributed by atoms with E-state index in [0.717, 1.165) is 34.6 Å². The second kappa shape index (κ2) is 44.7. The number of ether oxygens (including phenoxy) is 15. The lowest BCUT2D eigenvalue weighted by Crippen LogP contribution is -2.73. The Morgan fingerprint density at radius 1 is 0.320 bits per heavy atom. The quantitative estimate of drug-likeness (QED) is 0.0272. The molecule has 8 heterocycles. The molecule has 58 heteroatoms. The number of carbonyl (C=O) groups is 9. The molecular formula is C70H113N5O53. The fourth-order valence-electron chi connectivity index (χ4n) is 16.3. The van der Waals surface area contributed by atoms with Crippen LogP contribution < -0.4 is 26.6 Å². The summed E-state index contributed by atoms with van der Waals surface area (Å²) in [6.07, 6.45) is -92.3. The third kappa shape index (κ3) is 23.2. The van der Waals surface area contributed by atoms with Crippen LogP contribution in [-0.4, -0.2) is 522 Å². The smallest absolute Gasteiger partial charge is 0.364 e. The Hall–Kier alpha value is -6.37. The summed E-state index contributed by atoms with van der Waals surface area (Å²) in [5.41, 5.74) is 0. The molecule has 0 saturated carbocycles. The summed E-state index contributed by atoms with van der Waals surface area (Å²) in [5.74, 6) is -29.1. The highest BCUT2D eigenvalue weighted by Gasteiger charge is 2.67.